The molecular weight excluding hydrogens is 210 g/mol. The molecule has 0 aliphatic carbocycles. The van der Waals surface area contributed by atoms with Gasteiger partial charge in [0.1, 0.15) is 5.82 Å². The summed E-state index contributed by atoms with van der Waals surface area (Å²) in [7, 11) is 0. The van der Waals surface area contributed by atoms with Gasteiger partial charge in [-0.15, -0.1) is 0 Å². The summed E-state index contributed by atoms with van der Waals surface area (Å²) in [6.07, 6.45) is 1.82. The van der Waals surface area contributed by atoms with Crippen molar-refractivity contribution >= 4 is 11.4 Å². The molecule has 1 aromatic carbocycles. The first kappa shape index (κ1) is 11.2. The van der Waals surface area contributed by atoms with Crippen molar-refractivity contribution in [1.82, 2.24) is 0 Å². The van der Waals surface area contributed by atoms with Crippen LogP contribution in [0.4, 0.5) is 20.2 Å². The van der Waals surface area contributed by atoms with Gasteiger partial charge in [-0.25, -0.2) is 8.78 Å². The quantitative estimate of drug-likeness (QED) is 0.808. The molecule has 16 heavy (non-hydrogen) atoms. The lowest BCUT2D eigenvalue weighted by Gasteiger charge is -2.39. The third-order valence-corrected chi connectivity index (χ3v) is 3.41. The first-order valence-electron chi connectivity index (χ1n) is 5.61. The lowest BCUT2D eigenvalue weighted by Crippen LogP contribution is -2.47. The van der Waals surface area contributed by atoms with Crippen LogP contribution >= 0.6 is 0 Å². The molecular formula is C12H16F2N2. The normalized spacial score (nSPS) is 17.2. The molecule has 0 fully saturated rings. The molecule has 0 unspecified atom stereocenters. The molecule has 1 aliphatic rings. The summed E-state index contributed by atoms with van der Waals surface area (Å²) in [6.45, 7) is 4.80. The number of anilines is 2. The van der Waals surface area contributed by atoms with Gasteiger partial charge in [0.25, 0.3) is 0 Å². The van der Waals surface area contributed by atoms with Crippen LogP contribution in [0.1, 0.15) is 26.7 Å². The van der Waals surface area contributed by atoms with Crippen LogP contribution < -0.4 is 10.6 Å². The van der Waals surface area contributed by atoms with Crippen molar-refractivity contribution in [3.05, 3.63) is 23.8 Å². The van der Waals surface area contributed by atoms with Gasteiger partial charge in [0.2, 0.25) is 0 Å². The Labute approximate surface area is 94.0 Å². The Morgan fingerprint density at radius 1 is 1.25 bits per heavy atom. The van der Waals surface area contributed by atoms with Gasteiger partial charge in [0.05, 0.1) is 16.9 Å². The van der Waals surface area contributed by atoms with Gasteiger partial charge in [-0.1, -0.05) is 13.8 Å². The van der Waals surface area contributed by atoms with Crippen LogP contribution in [-0.2, 0) is 0 Å². The zero-order valence-electron chi connectivity index (χ0n) is 9.53. The van der Waals surface area contributed by atoms with Gasteiger partial charge < -0.3 is 10.6 Å². The monoisotopic (exact) mass is 226 g/mol. The third-order valence-electron chi connectivity index (χ3n) is 3.41. The molecule has 0 bridgehead atoms. The minimum Gasteiger partial charge on any atom is -0.379 e. The summed E-state index contributed by atoms with van der Waals surface area (Å²) in [5, 5.41) is 6.30. The van der Waals surface area contributed by atoms with Crippen molar-refractivity contribution < 1.29 is 8.78 Å². The maximum Gasteiger partial charge on any atom is 0.151 e. The summed E-state index contributed by atoms with van der Waals surface area (Å²) < 4.78 is 26.6. The minimum atomic E-state index is -0.548. The molecule has 0 atom stereocenters. The highest BCUT2D eigenvalue weighted by molar-refractivity contribution is 5.73. The van der Waals surface area contributed by atoms with Gasteiger partial charge in [-0.05, 0) is 18.9 Å². The standard InChI is InChI=1S/C12H16F2N2/c1-3-12(4-2)7-15-11-9(14)5-8(13)6-10(11)16-12/h5-6,15-16H,3-4,7H2,1-2H3. The Morgan fingerprint density at radius 3 is 2.56 bits per heavy atom. The molecule has 0 saturated heterocycles. The summed E-state index contributed by atoms with van der Waals surface area (Å²) >= 11 is 0. The van der Waals surface area contributed by atoms with E-state index in [1.165, 1.54) is 6.07 Å². The number of benzene rings is 1. The molecule has 0 aromatic heterocycles. The minimum absolute atomic E-state index is 0.104. The molecule has 1 heterocycles. The van der Waals surface area contributed by atoms with Crippen LogP contribution in [0.2, 0.25) is 0 Å². The fourth-order valence-corrected chi connectivity index (χ4v) is 2.12. The van der Waals surface area contributed by atoms with E-state index in [4.69, 9.17) is 0 Å². The average molecular weight is 226 g/mol. The number of halogens is 2. The maximum atomic E-state index is 13.4. The van der Waals surface area contributed by atoms with Gasteiger partial charge in [-0.2, -0.15) is 0 Å². The summed E-state index contributed by atoms with van der Waals surface area (Å²) in [4.78, 5) is 0. The van der Waals surface area contributed by atoms with Gasteiger partial charge in [-0.3, -0.25) is 0 Å². The summed E-state index contributed by atoms with van der Waals surface area (Å²) in [5.74, 6) is -1.09. The molecule has 0 amide bonds. The van der Waals surface area contributed by atoms with E-state index in [0.717, 1.165) is 18.9 Å². The fraction of sp³-hybridized carbons (Fsp3) is 0.500. The first-order chi connectivity index (χ1) is 7.60. The van der Waals surface area contributed by atoms with Gasteiger partial charge in [0.15, 0.2) is 5.82 Å². The molecule has 0 saturated carbocycles. The van der Waals surface area contributed by atoms with Crippen molar-refractivity contribution in [1.29, 1.82) is 0 Å². The van der Waals surface area contributed by atoms with E-state index in [2.05, 4.69) is 24.5 Å². The maximum absolute atomic E-state index is 13.4. The Balaban J connectivity index is 2.40. The Hall–Kier alpha value is -1.32. The van der Waals surface area contributed by atoms with E-state index < -0.39 is 11.6 Å². The van der Waals surface area contributed by atoms with Crippen molar-refractivity contribution in [2.45, 2.75) is 32.2 Å². The molecule has 1 aromatic rings. The van der Waals surface area contributed by atoms with Crippen LogP contribution in [0.15, 0.2) is 12.1 Å². The molecule has 0 radical (unpaired) electrons. The highest BCUT2D eigenvalue weighted by Gasteiger charge is 2.31. The number of nitrogens with one attached hydrogen (secondary N) is 2. The summed E-state index contributed by atoms with van der Waals surface area (Å²) in [5.41, 5.74) is 0.791. The summed E-state index contributed by atoms with van der Waals surface area (Å²) in [6, 6.07) is 2.24. The Bertz CT molecular complexity index is 400. The SMILES string of the molecule is CCC1(CC)CNc2c(F)cc(F)cc2N1. The zero-order chi connectivity index (χ0) is 11.8. The number of rotatable bonds is 2. The molecule has 4 heteroatoms. The second kappa shape index (κ2) is 3.92. The van der Waals surface area contributed by atoms with Crippen LogP contribution in [0, 0.1) is 11.6 Å². The van der Waals surface area contributed by atoms with E-state index >= 15 is 0 Å². The Morgan fingerprint density at radius 2 is 1.94 bits per heavy atom. The highest BCUT2D eigenvalue weighted by atomic mass is 19.1. The topological polar surface area (TPSA) is 24.1 Å². The van der Waals surface area contributed by atoms with E-state index in [9.17, 15) is 8.78 Å². The predicted molar refractivity (Wildman–Crippen MR) is 61.8 cm³/mol. The van der Waals surface area contributed by atoms with Crippen LogP contribution in [0.25, 0.3) is 0 Å². The smallest absolute Gasteiger partial charge is 0.151 e. The lowest BCUT2D eigenvalue weighted by molar-refractivity contribution is 0.447. The highest BCUT2D eigenvalue weighted by Crippen LogP contribution is 2.35. The van der Waals surface area contributed by atoms with E-state index in [-0.39, 0.29) is 5.54 Å². The van der Waals surface area contributed by atoms with Crippen LogP contribution in [0.3, 0.4) is 0 Å². The number of hydrogen-bond donors (Lipinski definition) is 2. The van der Waals surface area contributed by atoms with Crippen molar-refractivity contribution in [3.8, 4) is 0 Å². The van der Waals surface area contributed by atoms with E-state index in [0.29, 0.717) is 17.9 Å². The number of hydrogen-bond acceptors (Lipinski definition) is 2. The second-order valence-corrected chi connectivity index (χ2v) is 4.28. The lowest BCUT2D eigenvalue weighted by atomic mass is 9.90. The number of fused-ring (bicyclic) bond motifs is 1. The molecule has 88 valence electrons. The van der Waals surface area contributed by atoms with Gasteiger partial charge in [0, 0.05) is 12.6 Å². The largest absolute Gasteiger partial charge is 0.379 e. The second-order valence-electron chi connectivity index (χ2n) is 4.28. The Kier molecular flexibility index (Phi) is 2.74. The zero-order valence-corrected chi connectivity index (χ0v) is 9.53. The molecule has 1 aliphatic heterocycles. The molecule has 2 nitrogen and oxygen atoms in total. The van der Waals surface area contributed by atoms with Crippen LogP contribution in [0.5, 0.6) is 0 Å². The van der Waals surface area contributed by atoms with Gasteiger partial charge >= 0.3 is 0 Å². The molecule has 2 rings (SSSR count). The van der Waals surface area contributed by atoms with E-state index in [1.54, 1.807) is 0 Å². The average Bonchev–Trinajstić information content (AvgIpc) is 2.27. The predicted octanol–water partition coefficient (Wildman–Crippen LogP) is 3.36. The van der Waals surface area contributed by atoms with Crippen LogP contribution in [-0.4, -0.2) is 12.1 Å². The first-order valence-corrected chi connectivity index (χ1v) is 5.61. The van der Waals surface area contributed by atoms with Crippen molar-refractivity contribution in [2.75, 3.05) is 17.2 Å². The molecule has 2 N–H and O–H groups in total. The fourth-order valence-electron chi connectivity index (χ4n) is 2.12. The van der Waals surface area contributed by atoms with Crippen molar-refractivity contribution in [3.63, 3.8) is 0 Å². The third kappa shape index (κ3) is 1.72. The van der Waals surface area contributed by atoms with E-state index in [1.807, 2.05) is 0 Å². The molecule has 0 spiro atoms. The van der Waals surface area contributed by atoms with Crippen molar-refractivity contribution in [2.24, 2.45) is 0 Å².